The summed E-state index contributed by atoms with van der Waals surface area (Å²) >= 11 is 7.49. The van der Waals surface area contributed by atoms with Gasteiger partial charge in [0.15, 0.2) is 5.17 Å². The van der Waals surface area contributed by atoms with Gasteiger partial charge in [-0.15, -0.1) is 5.10 Å². The number of carbonyl (C=O) groups excluding carboxylic acids is 2. The number of hydrogen-bond acceptors (Lipinski definition) is 6. The van der Waals surface area contributed by atoms with E-state index >= 15 is 0 Å². The number of thioether (sulfide) groups is 1. The number of carbonyl (C=O) groups is 2. The molecule has 2 aromatic carbocycles. The van der Waals surface area contributed by atoms with Crippen molar-refractivity contribution in [1.29, 1.82) is 0 Å². The van der Waals surface area contributed by atoms with Gasteiger partial charge in [0.05, 0.1) is 0 Å². The molecule has 0 unspecified atom stereocenters. The van der Waals surface area contributed by atoms with E-state index in [1.165, 1.54) is 30.6 Å². The number of benzene rings is 2. The monoisotopic (exact) mass is 489 g/mol. The van der Waals surface area contributed by atoms with Crippen molar-refractivity contribution in [3.8, 4) is 11.5 Å². The van der Waals surface area contributed by atoms with Gasteiger partial charge in [0.2, 0.25) is 11.8 Å². The molecule has 0 aliphatic carbocycles. The molecule has 0 spiro atoms. The number of nitrogens with one attached hydrogen (secondary N) is 1. The van der Waals surface area contributed by atoms with Gasteiger partial charge in [-0.1, -0.05) is 49.3 Å². The average Bonchev–Trinajstić information content (AvgIpc) is 3.15. The van der Waals surface area contributed by atoms with Crippen LogP contribution in [0.4, 0.5) is 0 Å². The lowest BCUT2D eigenvalue weighted by atomic mass is 10.0. The number of amidine groups is 1. The van der Waals surface area contributed by atoms with E-state index in [0.717, 1.165) is 16.9 Å². The van der Waals surface area contributed by atoms with Crippen molar-refractivity contribution in [2.75, 3.05) is 13.2 Å². The van der Waals surface area contributed by atoms with Crippen molar-refractivity contribution in [3.05, 3.63) is 58.1 Å². The zero-order valence-corrected chi connectivity index (χ0v) is 20.9. The fourth-order valence-corrected chi connectivity index (χ4v) is 4.69. The van der Waals surface area contributed by atoms with Crippen LogP contribution in [0.25, 0.3) is 0 Å². The van der Waals surface area contributed by atoms with Crippen molar-refractivity contribution in [2.24, 2.45) is 5.10 Å². The second-order valence-corrected chi connectivity index (χ2v) is 9.50. The van der Waals surface area contributed by atoms with Crippen LogP contribution in [-0.4, -0.2) is 35.2 Å². The van der Waals surface area contributed by atoms with Crippen LogP contribution in [0.15, 0.2) is 41.5 Å². The van der Waals surface area contributed by atoms with Gasteiger partial charge in [-0.25, -0.2) is 5.01 Å². The summed E-state index contributed by atoms with van der Waals surface area (Å²) in [6, 6.07) is 11.4. The van der Waals surface area contributed by atoms with E-state index in [1.807, 2.05) is 13.0 Å². The number of nitrogens with zero attached hydrogens (tertiary/aromatic N) is 2. The van der Waals surface area contributed by atoms with E-state index in [9.17, 15) is 9.59 Å². The van der Waals surface area contributed by atoms with Crippen LogP contribution in [0.5, 0.6) is 11.5 Å². The minimum absolute atomic E-state index is 0.261. The van der Waals surface area contributed by atoms with Gasteiger partial charge in [-0.3, -0.25) is 9.59 Å². The lowest BCUT2D eigenvalue weighted by molar-refractivity contribution is -0.129. The molecule has 7 nitrogen and oxygen atoms in total. The Bertz CT molecular complexity index is 1070. The summed E-state index contributed by atoms with van der Waals surface area (Å²) in [5.41, 5.74) is 2.97. The molecule has 0 fully saturated rings. The molecule has 9 heteroatoms. The Morgan fingerprint density at radius 3 is 2.45 bits per heavy atom. The zero-order chi connectivity index (χ0) is 24.1. The molecule has 2 aromatic rings. The molecule has 1 heterocycles. The number of ether oxygens (including phenoxy) is 2. The van der Waals surface area contributed by atoms with E-state index < -0.39 is 5.37 Å². The third-order valence-corrected chi connectivity index (χ3v) is 6.20. The molecule has 1 atom stereocenters. The predicted octanol–water partition coefficient (Wildman–Crippen LogP) is 5.23. The van der Waals surface area contributed by atoms with Crippen LogP contribution in [-0.2, 0) is 9.59 Å². The van der Waals surface area contributed by atoms with E-state index in [1.54, 1.807) is 18.2 Å². The Hall–Kier alpha value is -2.71. The summed E-state index contributed by atoms with van der Waals surface area (Å²) < 4.78 is 12.0. The van der Waals surface area contributed by atoms with E-state index in [0.29, 0.717) is 40.6 Å². The summed E-state index contributed by atoms with van der Waals surface area (Å²) in [6.45, 7) is 9.76. The number of halogens is 1. The van der Waals surface area contributed by atoms with Crippen LogP contribution in [0, 0.1) is 6.92 Å². The summed E-state index contributed by atoms with van der Waals surface area (Å²) in [7, 11) is 0. The normalized spacial score (nSPS) is 15.4. The van der Waals surface area contributed by atoms with Crippen molar-refractivity contribution < 1.29 is 19.1 Å². The Morgan fingerprint density at radius 1 is 1.12 bits per heavy atom. The highest BCUT2D eigenvalue weighted by Gasteiger charge is 2.34. The highest BCUT2D eigenvalue weighted by molar-refractivity contribution is 8.14. The molecule has 0 saturated carbocycles. The molecule has 0 saturated heterocycles. The Balaban J connectivity index is 1.73. The molecule has 1 aliphatic rings. The molecule has 2 amide bonds. The summed E-state index contributed by atoms with van der Waals surface area (Å²) in [5, 5.41) is 8.52. The molecule has 0 aromatic heterocycles. The number of rotatable bonds is 7. The minimum atomic E-state index is -0.511. The second-order valence-electron chi connectivity index (χ2n) is 8.00. The molecule has 0 bridgehead atoms. The molecule has 3 rings (SSSR count). The first kappa shape index (κ1) is 24.9. The van der Waals surface area contributed by atoms with Crippen LogP contribution in [0.3, 0.4) is 0 Å². The van der Waals surface area contributed by atoms with Crippen molar-refractivity contribution in [1.82, 2.24) is 10.3 Å². The highest BCUT2D eigenvalue weighted by atomic mass is 35.5. The Morgan fingerprint density at radius 2 is 1.82 bits per heavy atom. The first-order valence-electron chi connectivity index (χ1n) is 10.6. The molecule has 33 heavy (non-hydrogen) atoms. The van der Waals surface area contributed by atoms with Gasteiger partial charge in [0, 0.05) is 24.4 Å². The van der Waals surface area contributed by atoms with Gasteiger partial charge in [0.1, 0.15) is 30.1 Å². The summed E-state index contributed by atoms with van der Waals surface area (Å²) in [5.74, 6) is 1.25. The first-order chi connectivity index (χ1) is 15.7. The number of amides is 2. The number of hydrogen-bond donors (Lipinski definition) is 1. The van der Waals surface area contributed by atoms with Crippen LogP contribution >= 0.6 is 23.4 Å². The lowest BCUT2D eigenvalue weighted by Crippen LogP contribution is -2.25. The molecule has 176 valence electrons. The second kappa shape index (κ2) is 10.9. The van der Waals surface area contributed by atoms with Crippen LogP contribution in [0.2, 0.25) is 5.02 Å². The molecular weight excluding hydrogens is 462 g/mol. The molecule has 0 radical (unpaired) electrons. The molecule has 1 aliphatic heterocycles. The van der Waals surface area contributed by atoms with Crippen molar-refractivity contribution >= 4 is 40.3 Å². The Kier molecular flexibility index (Phi) is 8.26. The van der Waals surface area contributed by atoms with Gasteiger partial charge in [0.25, 0.3) is 0 Å². The lowest BCUT2D eigenvalue weighted by Gasteiger charge is -2.22. The van der Waals surface area contributed by atoms with Crippen LogP contribution in [0.1, 0.15) is 55.7 Å². The summed E-state index contributed by atoms with van der Waals surface area (Å²) in [4.78, 5) is 23.6. The quantitative estimate of drug-likeness (QED) is 0.538. The maximum Gasteiger partial charge on any atom is 0.241 e. The third-order valence-electron chi connectivity index (χ3n) is 4.88. The largest absolute Gasteiger partial charge is 0.490 e. The van der Waals surface area contributed by atoms with E-state index in [-0.39, 0.29) is 11.8 Å². The van der Waals surface area contributed by atoms with Gasteiger partial charge in [-0.2, -0.15) is 0 Å². The maximum absolute atomic E-state index is 12.2. The number of aryl methyl sites for hydroxylation is 1. The first-order valence-corrected chi connectivity index (χ1v) is 11.9. The summed E-state index contributed by atoms with van der Waals surface area (Å²) in [6.07, 6.45) is 0. The third kappa shape index (κ3) is 6.42. The Labute approximate surface area is 203 Å². The zero-order valence-electron chi connectivity index (χ0n) is 19.3. The molecule has 1 N–H and O–H groups in total. The van der Waals surface area contributed by atoms with Crippen molar-refractivity contribution in [2.45, 2.75) is 45.9 Å². The average molecular weight is 490 g/mol. The fraction of sp³-hybridized carbons (Fsp3) is 0.375. The maximum atomic E-state index is 12.2. The van der Waals surface area contributed by atoms with Crippen LogP contribution < -0.4 is 14.8 Å². The van der Waals surface area contributed by atoms with E-state index in [4.69, 9.17) is 21.1 Å². The SMILES string of the molecule is CC(=O)NC1=NN(C(C)=O)[C@H](c2cc(Cl)ccc2OCCOc2cc(C)ccc2C(C)C)S1. The van der Waals surface area contributed by atoms with E-state index in [2.05, 4.69) is 36.4 Å². The van der Waals surface area contributed by atoms with Gasteiger partial charge < -0.3 is 14.8 Å². The predicted molar refractivity (Wildman–Crippen MR) is 132 cm³/mol. The van der Waals surface area contributed by atoms with Gasteiger partial charge in [-0.05, 0) is 48.2 Å². The topological polar surface area (TPSA) is 80.2 Å². The fourth-order valence-electron chi connectivity index (χ4n) is 3.36. The minimum Gasteiger partial charge on any atom is -0.490 e. The number of hydrazone groups is 1. The van der Waals surface area contributed by atoms with Gasteiger partial charge >= 0.3 is 0 Å². The highest BCUT2D eigenvalue weighted by Crippen LogP contribution is 2.43. The smallest absolute Gasteiger partial charge is 0.241 e. The molecular formula is C24H28ClN3O4S. The standard InChI is InChI=1S/C24H28ClN3O4S/c1-14(2)19-8-6-15(3)12-22(19)32-11-10-31-21-9-7-18(25)13-20(21)23-28(17(5)30)27-24(33-23)26-16(4)29/h6-9,12-14,23H,10-11H2,1-5H3,(H,26,27,29)/t23-/m0/s1. The van der Waals surface area contributed by atoms with Crippen molar-refractivity contribution in [3.63, 3.8) is 0 Å².